The molecule has 1 saturated heterocycles. The zero-order valence-electron chi connectivity index (χ0n) is 40.8. The number of hydrogen-bond donors (Lipinski definition) is 11. The highest BCUT2D eigenvalue weighted by Gasteiger charge is 2.40. The van der Waals surface area contributed by atoms with E-state index in [1.807, 2.05) is 33.8 Å². The van der Waals surface area contributed by atoms with Gasteiger partial charge in [0.05, 0.1) is 12.5 Å². The first-order valence-electron chi connectivity index (χ1n) is 23.6. The van der Waals surface area contributed by atoms with Gasteiger partial charge in [0.2, 0.25) is 53.2 Å². The maximum Gasteiger partial charge on any atom is 0.245 e. The van der Waals surface area contributed by atoms with E-state index >= 15 is 0 Å². The van der Waals surface area contributed by atoms with Crippen molar-refractivity contribution in [1.29, 1.82) is 0 Å². The smallest absolute Gasteiger partial charge is 0.245 e. The third-order valence-corrected chi connectivity index (χ3v) is 11.4. The predicted octanol–water partition coefficient (Wildman–Crippen LogP) is -1.77. The van der Waals surface area contributed by atoms with E-state index in [-0.39, 0.29) is 75.8 Å². The second-order valence-electron chi connectivity index (χ2n) is 18.5. The molecule has 384 valence electrons. The van der Waals surface area contributed by atoms with Crippen LogP contribution in [0.3, 0.4) is 0 Å². The van der Waals surface area contributed by atoms with Gasteiger partial charge >= 0.3 is 0 Å². The van der Waals surface area contributed by atoms with Crippen LogP contribution in [0.15, 0.2) is 65.7 Å². The van der Waals surface area contributed by atoms with Crippen molar-refractivity contribution in [3.63, 3.8) is 0 Å². The number of nitrogens with one attached hydrogen (secondary N) is 6. The maximum absolute atomic E-state index is 14.4. The Kier molecular flexibility index (Phi) is 23.2. The van der Waals surface area contributed by atoms with Crippen LogP contribution in [0.25, 0.3) is 0 Å². The number of primary amides is 2. The molecule has 16 N–H and O–H groups in total. The first kappa shape index (κ1) is 57.2. The number of likely N-dealkylation sites (tertiary alicyclic amines) is 1. The second-order valence-corrected chi connectivity index (χ2v) is 18.5. The molecular weight excluding hydrogens is 903 g/mol. The highest BCUT2D eigenvalue weighted by molar-refractivity contribution is 5.99. The van der Waals surface area contributed by atoms with Crippen LogP contribution in [0.4, 0.5) is 0 Å². The summed E-state index contributed by atoms with van der Waals surface area (Å²) in [6.07, 6.45) is 0.833. The molecule has 0 aliphatic carbocycles. The maximum atomic E-state index is 14.4. The fourth-order valence-corrected chi connectivity index (χ4v) is 7.88. The van der Waals surface area contributed by atoms with Crippen molar-refractivity contribution in [2.45, 2.75) is 141 Å². The van der Waals surface area contributed by atoms with E-state index in [9.17, 15) is 43.2 Å². The molecule has 2 aromatic carbocycles. The van der Waals surface area contributed by atoms with Gasteiger partial charge in [-0.3, -0.25) is 48.1 Å². The van der Waals surface area contributed by atoms with E-state index in [0.29, 0.717) is 6.42 Å². The van der Waals surface area contributed by atoms with Crippen molar-refractivity contribution < 1.29 is 43.2 Å². The van der Waals surface area contributed by atoms with Gasteiger partial charge in [-0.05, 0) is 74.8 Å². The van der Waals surface area contributed by atoms with Gasteiger partial charge < -0.3 is 65.5 Å². The van der Waals surface area contributed by atoms with Crippen molar-refractivity contribution in [2.75, 3.05) is 13.1 Å². The lowest BCUT2D eigenvalue weighted by Gasteiger charge is -2.31. The summed E-state index contributed by atoms with van der Waals surface area (Å²) in [5.41, 5.74) is 29.7. The molecule has 70 heavy (non-hydrogen) atoms. The van der Waals surface area contributed by atoms with Gasteiger partial charge in [-0.1, -0.05) is 88.4 Å². The molecule has 0 radical (unpaired) electrons. The molecule has 1 aliphatic rings. The Balaban J connectivity index is 1.77. The Labute approximate surface area is 409 Å². The summed E-state index contributed by atoms with van der Waals surface area (Å²) in [6, 6.07) is 8.45. The van der Waals surface area contributed by atoms with Crippen molar-refractivity contribution >= 4 is 59.1 Å². The molecule has 2 aromatic rings. The quantitative estimate of drug-likeness (QED) is 0.0256. The lowest BCUT2D eigenvalue weighted by molar-refractivity contribution is -0.143. The number of guanidine groups is 1. The minimum Gasteiger partial charge on any atom is -0.370 e. The largest absolute Gasteiger partial charge is 0.370 e. The van der Waals surface area contributed by atoms with E-state index in [4.69, 9.17) is 28.7 Å². The Morgan fingerprint density at radius 1 is 0.614 bits per heavy atom. The molecule has 0 spiro atoms. The summed E-state index contributed by atoms with van der Waals surface area (Å²) >= 11 is 0. The molecule has 22 nitrogen and oxygen atoms in total. The molecule has 1 fully saturated rings. The molecule has 3 rings (SSSR count). The third-order valence-electron chi connectivity index (χ3n) is 11.4. The summed E-state index contributed by atoms with van der Waals surface area (Å²) < 4.78 is 0. The highest BCUT2D eigenvalue weighted by Crippen LogP contribution is 2.22. The van der Waals surface area contributed by atoms with Gasteiger partial charge in [0, 0.05) is 19.5 Å². The van der Waals surface area contributed by atoms with Gasteiger partial charge in [0.15, 0.2) is 5.96 Å². The highest BCUT2D eigenvalue weighted by atomic mass is 16.2. The van der Waals surface area contributed by atoms with Gasteiger partial charge in [0.1, 0.15) is 42.3 Å². The van der Waals surface area contributed by atoms with Gasteiger partial charge in [0.25, 0.3) is 0 Å². The topological polar surface area (TPSA) is 372 Å². The van der Waals surface area contributed by atoms with Crippen LogP contribution in [-0.2, 0) is 56.0 Å². The number of amides is 9. The van der Waals surface area contributed by atoms with Crippen molar-refractivity contribution in [3.8, 4) is 0 Å². The standard InChI is InChI=1S/C48H73N13O9/c1-27(2)22-35(44(67)56-33(18-12-20-54-48(52)53)43(66)57-34(40(51)63)25-31-16-10-7-11-17-31)59-46(69)38-19-13-21-61(38)47(70)37(23-28(3)4)60-45(68)36(26-39(50)62)58-41(64)29(5)55-42(65)32(49)24-30-14-8-6-9-15-30/h6-11,14-17,27-29,32-38H,12-13,18-26,49H2,1-5H3,(H2,50,62)(H2,51,63)(H,55,65)(H,56,67)(H,57,66)(H,58,64)(H,59,69)(H,60,68)(H4,52,53,54)/t29-,32-,33-,34-,35-,36-,37-,38-/m0/s1. The summed E-state index contributed by atoms with van der Waals surface area (Å²) in [5.74, 6) is -7.18. The van der Waals surface area contributed by atoms with Gasteiger partial charge in [-0.2, -0.15) is 0 Å². The van der Waals surface area contributed by atoms with E-state index in [0.717, 1.165) is 11.1 Å². The second kappa shape index (κ2) is 28.4. The number of carbonyl (C=O) groups is 9. The fraction of sp³-hybridized carbons (Fsp3) is 0.542. The van der Waals surface area contributed by atoms with E-state index < -0.39 is 108 Å². The molecule has 22 heteroatoms. The third kappa shape index (κ3) is 19.5. The van der Waals surface area contributed by atoms with Crippen LogP contribution in [0.2, 0.25) is 0 Å². The number of nitrogens with two attached hydrogens (primary N) is 5. The molecule has 9 amide bonds. The Morgan fingerprint density at radius 3 is 1.69 bits per heavy atom. The van der Waals surface area contributed by atoms with Gasteiger partial charge in [-0.25, -0.2) is 0 Å². The average Bonchev–Trinajstić information content (AvgIpc) is 3.79. The minimum absolute atomic E-state index is 0.0465. The monoisotopic (exact) mass is 976 g/mol. The van der Waals surface area contributed by atoms with Crippen LogP contribution < -0.4 is 60.6 Å². The summed E-state index contributed by atoms with van der Waals surface area (Å²) in [7, 11) is 0. The Bertz CT molecular complexity index is 2140. The van der Waals surface area contributed by atoms with Crippen LogP contribution >= 0.6 is 0 Å². The van der Waals surface area contributed by atoms with E-state index in [1.165, 1.54) is 11.8 Å². The van der Waals surface area contributed by atoms with Crippen LogP contribution in [0, 0.1) is 11.8 Å². The normalized spacial score (nSPS) is 16.3. The first-order valence-corrected chi connectivity index (χ1v) is 23.6. The molecule has 8 atom stereocenters. The number of carbonyl (C=O) groups excluding carboxylic acids is 9. The molecule has 1 heterocycles. The first-order chi connectivity index (χ1) is 33.1. The molecule has 0 bridgehead atoms. The predicted molar refractivity (Wildman–Crippen MR) is 262 cm³/mol. The summed E-state index contributed by atoms with van der Waals surface area (Å²) in [6.45, 7) is 8.95. The van der Waals surface area contributed by atoms with E-state index in [2.05, 4.69) is 36.9 Å². The number of benzene rings is 2. The number of hydrogen-bond acceptors (Lipinski definition) is 11. The molecule has 0 aromatic heterocycles. The van der Waals surface area contributed by atoms with Crippen LogP contribution in [-0.4, -0.2) is 125 Å². The molecular formula is C48H73N13O9. The van der Waals surface area contributed by atoms with Crippen molar-refractivity contribution in [2.24, 2.45) is 45.5 Å². The average molecular weight is 976 g/mol. The SMILES string of the molecule is CC(C)C[C@H](NC(=O)[C@@H]1CCCN1C(=O)[C@H](CC(C)C)NC(=O)[C@H](CC(N)=O)NC(=O)[C@H](C)NC(=O)[C@@H](N)Cc1ccccc1)C(=O)N[C@@H](CCCN=C(N)N)C(=O)N[C@@H](Cc1ccccc1)C(N)=O. The Morgan fingerprint density at radius 2 is 1.13 bits per heavy atom. The zero-order valence-corrected chi connectivity index (χ0v) is 40.8. The van der Waals surface area contributed by atoms with Crippen LogP contribution in [0.1, 0.15) is 90.7 Å². The zero-order chi connectivity index (χ0) is 52.1. The van der Waals surface area contributed by atoms with Crippen molar-refractivity contribution in [3.05, 3.63) is 71.8 Å². The number of rotatable bonds is 28. The summed E-state index contributed by atoms with van der Waals surface area (Å²) in [4.78, 5) is 126. The summed E-state index contributed by atoms with van der Waals surface area (Å²) in [5, 5.41) is 15.8. The Hall–Kier alpha value is -7.10. The van der Waals surface area contributed by atoms with Crippen molar-refractivity contribution in [1.82, 2.24) is 36.8 Å². The van der Waals surface area contributed by atoms with E-state index in [1.54, 1.807) is 54.6 Å². The molecule has 0 unspecified atom stereocenters. The number of nitrogens with zero attached hydrogens (tertiary/aromatic N) is 2. The fourth-order valence-electron chi connectivity index (χ4n) is 7.88. The number of aliphatic imine (C=N–C) groups is 1. The van der Waals surface area contributed by atoms with Gasteiger partial charge in [-0.15, -0.1) is 0 Å². The minimum atomic E-state index is -1.54. The lowest BCUT2D eigenvalue weighted by atomic mass is 10.00. The lowest BCUT2D eigenvalue weighted by Crippen LogP contribution is -2.60. The molecule has 1 aliphatic heterocycles. The van der Waals surface area contributed by atoms with Crippen LogP contribution in [0.5, 0.6) is 0 Å². The molecule has 0 saturated carbocycles.